The lowest BCUT2D eigenvalue weighted by Crippen LogP contribution is -2.45. The van der Waals surface area contributed by atoms with Crippen LogP contribution in [0.15, 0.2) is 24.3 Å². The van der Waals surface area contributed by atoms with Gasteiger partial charge in [0.2, 0.25) is 0 Å². The maximum absolute atomic E-state index is 6.02. The summed E-state index contributed by atoms with van der Waals surface area (Å²) in [6.45, 7) is 2.18. The fourth-order valence-electron chi connectivity index (χ4n) is 2.58. The second kappa shape index (κ2) is 6.27. The summed E-state index contributed by atoms with van der Waals surface area (Å²) >= 11 is 6.02. The molecule has 1 aromatic carbocycles. The molecule has 0 aromatic heterocycles. The van der Waals surface area contributed by atoms with E-state index in [0.29, 0.717) is 18.0 Å². The second-order valence-corrected chi connectivity index (χ2v) is 5.54. The largest absolute Gasteiger partial charge is 0.310 e. The van der Waals surface area contributed by atoms with Gasteiger partial charge in [-0.15, -0.1) is 12.3 Å². The maximum Gasteiger partial charge on any atom is 0.0408 e. The summed E-state index contributed by atoms with van der Waals surface area (Å²) in [5, 5.41) is 4.48. The van der Waals surface area contributed by atoms with Crippen molar-refractivity contribution in [1.29, 1.82) is 0 Å². The minimum Gasteiger partial charge on any atom is -0.310 e. The Balaban J connectivity index is 1.82. The monoisotopic (exact) mass is 261 g/mol. The molecule has 1 nitrogen and oxygen atoms in total. The molecule has 0 bridgehead atoms. The summed E-state index contributed by atoms with van der Waals surface area (Å²) in [4.78, 5) is 0. The minimum atomic E-state index is 0.473. The van der Waals surface area contributed by atoms with Crippen molar-refractivity contribution < 1.29 is 0 Å². The van der Waals surface area contributed by atoms with E-state index in [0.717, 1.165) is 17.9 Å². The van der Waals surface area contributed by atoms with Crippen LogP contribution in [-0.2, 0) is 0 Å². The Morgan fingerprint density at radius 2 is 2.28 bits per heavy atom. The summed E-state index contributed by atoms with van der Waals surface area (Å²) in [5.41, 5.74) is 1.37. The topological polar surface area (TPSA) is 12.0 Å². The number of nitrogens with one attached hydrogen (secondary N) is 1. The summed E-state index contributed by atoms with van der Waals surface area (Å²) in [6.07, 6.45) is 9.69. The Hall–Kier alpha value is -0.970. The van der Waals surface area contributed by atoms with Gasteiger partial charge < -0.3 is 5.32 Å². The van der Waals surface area contributed by atoms with E-state index >= 15 is 0 Å². The molecule has 1 aliphatic rings. The Morgan fingerprint density at radius 1 is 1.50 bits per heavy atom. The average Bonchev–Trinajstić information content (AvgIpc) is 2.31. The molecule has 1 N–H and O–H groups in total. The number of hydrogen-bond acceptors (Lipinski definition) is 1. The average molecular weight is 262 g/mol. The third-order valence-corrected chi connectivity index (χ3v) is 4.02. The van der Waals surface area contributed by atoms with Gasteiger partial charge in [0.1, 0.15) is 0 Å². The van der Waals surface area contributed by atoms with Crippen molar-refractivity contribution in [2.24, 2.45) is 0 Å². The number of halogens is 1. The fourth-order valence-corrected chi connectivity index (χ4v) is 2.78. The van der Waals surface area contributed by atoms with Crippen LogP contribution in [-0.4, -0.2) is 12.1 Å². The van der Waals surface area contributed by atoms with Crippen LogP contribution in [0.5, 0.6) is 0 Å². The molecule has 0 heterocycles. The number of terminal acetylenes is 1. The Labute approximate surface area is 115 Å². The van der Waals surface area contributed by atoms with Crippen molar-refractivity contribution in [1.82, 2.24) is 5.32 Å². The molecule has 1 aromatic rings. The van der Waals surface area contributed by atoms with Gasteiger partial charge in [0.15, 0.2) is 0 Å². The van der Waals surface area contributed by atoms with Gasteiger partial charge in [-0.3, -0.25) is 0 Å². The van der Waals surface area contributed by atoms with Gasteiger partial charge in [0.25, 0.3) is 0 Å². The molecule has 1 atom stereocenters. The van der Waals surface area contributed by atoms with E-state index in [4.69, 9.17) is 18.0 Å². The second-order valence-electron chi connectivity index (χ2n) is 5.10. The first-order valence-electron chi connectivity index (χ1n) is 6.68. The van der Waals surface area contributed by atoms with Crippen molar-refractivity contribution in [3.8, 4) is 12.3 Å². The summed E-state index contributed by atoms with van der Waals surface area (Å²) in [5.74, 6) is 3.40. The van der Waals surface area contributed by atoms with E-state index in [1.165, 1.54) is 18.4 Å². The molecule has 1 aliphatic carbocycles. The fraction of sp³-hybridized carbons (Fsp3) is 0.500. The zero-order chi connectivity index (χ0) is 13.0. The Bertz CT molecular complexity index is 429. The van der Waals surface area contributed by atoms with Gasteiger partial charge >= 0.3 is 0 Å². The standard InChI is InChI=1S/C16H20ClN/c1-3-6-15(4-2)18-16-10-13(11-16)12-7-5-8-14(17)9-12/h1,5,7-9,13,15-16,18H,4,6,10-11H2,2H3. The van der Waals surface area contributed by atoms with Crippen molar-refractivity contribution in [3.63, 3.8) is 0 Å². The highest BCUT2D eigenvalue weighted by atomic mass is 35.5. The van der Waals surface area contributed by atoms with Crippen LogP contribution in [0, 0.1) is 12.3 Å². The highest BCUT2D eigenvalue weighted by Gasteiger charge is 2.31. The van der Waals surface area contributed by atoms with Crippen LogP contribution in [0.4, 0.5) is 0 Å². The van der Waals surface area contributed by atoms with Crippen LogP contribution in [0.25, 0.3) is 0 Å². The third-order valence-electron chi connectivity index (χ3n) is 3.79. The lowest BCUT2D eigenvalue weighted by molar-refractivity contribution is 0.262. The normalized spacial score (nSPS) is 24.1. The van der Waals surface area contributed by atoms with E-state index in [1.54, 1.807) is 0 Å². The van der Waals surface area contributed by atoms with Crippen molar-refractivity contribution in [2.75, 3.05) is 0 Å². The molecule has 1 fully saturated rings. The molecule has 1 unspecified atom stereocenters. The summed E-state index contributed by atoms with van der Waals surface area (Å²) in [7, 11) is 0. The van der Waals surface area contributed by atoms with Crippen LogP contribution >= 0.6 is 11.6 Å². The lowest BCUT2D eigenvalue weighted by Gasteiger charge is -2.38. The highest BCUT2D eigenvalue weighted by Crippen LogP contribution is 2.37. The van der Waals surface area contributed by atoms with Crippen molar-refractivity contribution in [2.45, 2.75) is 50.6 Å². The number of hydrogen-bond donors (Lipinski definition) is 1. The Morgan fingerprint density at radius 3 is 2.89 bits per heavy atom. The third kappa shape index (κ3) is 3.28. The summed E-state index contributed by atoms with van der Waals surface area (Å²) in [6, 6.07) is 9.31. The Kier molecular flexibility index (Phi) is 4.69. The minimum absolute atomic E-state index is 0.473. The molecule has 0 spiro atoms. The first kappa shape index (κ1) is 13.5. The number of benzene rings is 1. The van der Waals surface area contributed by atoms with Crippen LogP contribution < -0.4 is 5.32 Å². The SMILES string of the molecule is C#CCC(CC)NC1CC(c2cccc(Cl)c2)C1. The van der Waals surface area contributed by atoms with E-state index in [-0.39, 0.29) is 0 Å². The molecule has 0 aliphatic heterocycles. The molecule has 18 heavy (non-hydrogen) atoms. The van der Waals surface area contributed by atoms with E-state index in [1.807, 2.05) is 12.1 Å². The molecule has 96 valence electrons. The molecule has 2 heteroatoms. The predicted molar refractivity (Wildman–Crippen MR) is 77.9 cm³/mol. The first-order valence-corrected chi connectivity index (χ1v) is 7.05. The van der Waals surface area contributed by atoms with E-state index in [2.05, 4.69) is 30.3 Å². The van der Waals surface area contributed by atoms with Gasteiger partial charge in [-0.2, -0.15) is 0 Å². The zero-order valence-corrected chi connectivity index (χ0v) is 11.6. The van der Waals surface area contributed by atoms with Gasteiger partial charge in [0.05, 0.1) is 0 Å². The molecule has 0 saturated heterocycles. The van der Waals surface area contributed by atoms with Gasteiger partial charge in [-0.1, -0.05) is 30.7 Å². The quantitative estimate of drug-likeness (QED) is 0.791. The molecular weight excluding hydrogens is 242 g/mol. The maximum atomic E-state index is 6.02. The van der Waals surface area contributed by atoms with Crippen molar-refractivity contribution in [3.05, 3.63) is 34.9 Å². The summed E-state index contributed by atoms with van der Waals surface area (Å²) < 4.78 is 0. The molecular formula is C16H20ClN. The lowest BCUT2D eigenvalue weighted by atomic mass is 9.75. The van der Waals surface area contributed by atoms with Crippen LogP contribution in [0.2, 0.25) is 5.02 Å². The smallest absolute Gasteiger partial charge is 0.0408 e. The molecule has 2 rings (SSSR count). The molecule has 0 radical (unpaired) electrons. The van der Waals surface area contributed by atoms with Crippen molar-refractivity contribution >= 4 is 11.6 Å². The zero-order valence-electron chi connectivity index (χ0n) is 10.8. The molecule has 0 amide bonds. The van der Waals surface area contributed by atoms with Crippen LogP contribution in [0.3, 0.4) is 0 Å². The van der Waals surface area contributed by atoms with Gasteiger partial charge in [0, 0.05) is 23.5 Å². The van der Waals surface area contributed by atoms with Gasteiger partial charge in [-0.25, -0.2) is 0 Å². The predicted octanol–water partition coefficient (Wildman–Crippen LogP) is 3.98. The molecule has 1 saturated carbocycles. The number of rotatable bonds is 5. The van der Waals surface area contributed by atoms with E-state index in [9.17, 15) is 0 Å². The van der Waals surface area contributed by atoms with Crippen LogP contribution in [0.1, 0.15) is 44.1 Å². The first-order chi connectivity index (χ1) is 8.72. The highest BCUT2D eigenvalue weighted by molar-refractivity contribution is 6.30. The van der Waals surface area contributed by atoms with Gasteiger partial charge in [-0.05, 0) is 42.9 Å². The van der Waals surface area contributed by atoms with E-state index < -0.39 is 0 Å².